The van der Waals surface area contributed by atoms with E-state index in [1.807, 2.05) is 0 Å². The van der Waals surface area contributed by atoms with Crippen molar-refractivity contribution in [1.82, 2.24) is 20.2 Å². The van der Waals surface area contributed by atoms with Crippen molar-refractivity contribution < 1.29 is 14.6 Å². The van der Waals surface area contributed by atoms with E-state index in [1.165, 1.54) is 10.8 Å². The monoisotopic (exact) mass is 260 g/mol. The van der Waals surface area contributed by atoms with E-state index >= 15 is 0 Å². The predicted octanol–water partition coefficient (Wildman–Crippen LogP) is 1.07. The number of methoxy groups -OCH3 is 1. The summed E-state index contributed by atoms with van der Waals surface area (Å²) >= 11 is 0. The van der Waals surface area contributed by atoms with Crippen molar-refractivity contribution in [2.24, 2.45) is 0 Å². The van der Waals surface area contributed by atoms with E-state index in [0.717, 1.165) is 0 Å². The van der Waals surface area contributed by atoms with E-state index < -0.39 is 5.97 Å². The molecule has 0 aliphatic rings. The first kappa shape index (κ1) is 12.7. The van der Waals surface area contributed by atoms with Gasteiger partial charge >= 0.3 is 5.97 Å². The van der Waals surface area contributed by atoms with Gasteiger partial charge in [0.2, 0.25) is 0 Å². The molecule has 7 nitrogen and oxygen atoms in total. The summed E-state index contributed by atoms with van der Waals surface area (Å²) in [5.74, 6) is -0.0679. The van der Waals surface area contributed by atoms with Crippen LogP contribution in [0.15, 0.2) is 24.3 Å². The molecule has 0 saturated carbocycles. The Hall–Kier alpha value is -2.70. The quantitative estimate of drug-likeness (QED) is 0.827. The molecule has 0 amide bonds. The summed E-state index contributed by atoms with van der Waals surface area (Å²) in [6.07, 6.45) is 1.48. The number of aliphatic carboxylic acids is 1. The number of aromatic nitrogens is 4. The highest BCUT2D eigenvalue weighted by Crippen LogP contribution is 2.17. The Balaban J connectivity index is 2.47. The number of ether oxygens (including phenoxy) is 1. The fraction of sp³-hybridized carbons (Fsp3) is 0.167. The van der Waals surface area contributed by atoms with Crippen LogP contribution in [0.1, 0.15) is 11.4 Å². The van der Waals surface area contributed by atoms with Gasteiger partial charge in [-0.05, 0) is 41.1 Å². The number of carboxylic acids is 1. The molecule has 0 fully saturated rings. The molecule has 7 heteroatoms. The lowest BCUT2D eigenvalue weighted by atomic mass is 10.2. The van der Waals surface area contributed by atoms with Crippen LogP contribution >= 0.6 is 0 Å². The van der Waals surface area contributed by atoms with Crippen molar-refractivity contribution in [3.8, 4) is 5.75 Å². The third-order valence-corrected chi connectivity index (χ3v) is 2.47. The lowest BCUT2D eigenvalue weighted by molar-refractivity contribution is -0.130. The van der Waals surface area contributed by atoms with Gasteiger partial charge in [-0.1, -0.05) is 12.1 Å². The van der Waals surface area contributed by atoms with Gasteiger partial charge in [-0.15, -0.1) is 5.10 Å². The molecule has 19 heavy (non-hydrogen) atoms. The van der Waals surface area contributed by atoms with Crippen LogP contribution in [0.3, 0.4) is 0 Å². The van der Waals surface area contributed by atoms with Crippen LogP contribution in [0.4, 0.5) is 0 Å². The van der Waals surface area contributed by atoms with Crippen molar-refractivity contribution >= 4 is 17.7 Å². The first-order valence-electron chi connectivity index (χ1n) is 5.46. The number of benzene rings is 1. The van der Waals surface area contributed by atoms with E-state index in [0.29, 0.717) is 17.1 Å². The topological polar surface area (TPSA) is 90.1 Å². The summed E-state index contributed by atoms with van der Waals surface area (Å²) in [5, 5.41) is 20.0. The number of nitrogens with zero attached hydrogens (tertiary/aromatic N) is 4. The van der Waals surface area contributed by atoms with Crippen molar-refractivity contribution in [2.75, 3.05) is 7.11 Å². The van der Waals surface area contributed by atoms with Gasteiger partial charge in [0.25, 0.3) is 0 Å². The minimum Gasteiger partial charge on any atom is -0.497 e. The second kappa shape index (κ2) is 5.30. The minimum atomic E-state index is -1.11. The zero-order valence-electron chi connectivity index (χ0n) is 10.4. The molecule has 1 N–H and O–H groups in total. The molecule has 0 unspecified atom stereocenters. The van der Waals surface area contributed by atoms with Crippen LogP contribution in [0, 0.1) is 6.92 Å². The van der Waals surface area contributed by atoms with Gasteiger partial charge in [-0.3, -0.25) is 0 Å². The molecule has 2 aromatic rings. The first-order chi connectivity index (χ1) is 9.11. The lowest BCUT2D eigenvalue weighted by Gasteiger charge is -2.04. The van der Waals surface area contributed by atoms with Crippen LogP contribution in [0.2, 0.25) is 0 Å². The van der Waals surface area contributed by atoms with Gasteiger partial charge in [0.1, 0.15) is 5.75 Å². The number of carbonyl (C=O) groups is 1. The maximum atomic E-state index is 11.3. The van der Waals surface area contributed by atoms with Crippen molar-refractivity contribution in [2.45, 2.75) is 6.92 Å². The van der Waals surface area contributed by atoms with E-state index in [1.54, 1.807) is 38.3 Å². The standard InChI is InChI=1S/C12H12N4O3/c1-8-13-14-15-16(8)11(12(17)18)7-9-4-3-5-10(6-9)19-2/h3-7H,1-2H3,(H,17,18)/b11-7-. The first-order valence-corrected chi connectivity index (χ1v) is 5.46. The van der Waals surface area contributed by atoms with Gasteiger partial charge in [-0.2, -0.15) is 4.68 Å². The number of carboxylic acid groups (broad SMARTS) is 1. The van der Waals surface area contributed by atoms with Crippen LogP contribution in [0.25, 0.3) is 11.8 Å². The van der Waals surface area contributed by atoms with Crippen molar-refractivity contribution in [3.63, 3.8) is 0 Å². The number of rotatable bonds is 4. The van der Waals surface area contributed by atoms with Crippen LogP contribution < -0.4 is 4.74 Å². The van der Waals surface area contributed by atoms with E-state index in [2.05, 4.69) is 15.5 Å². The second-order valence-corrected chi connectivity index (χ2v) is 3.75. The number of hydrogen-bond donors (Lipinski definition) is 1. The van der Waals surface area contributed by atoms with Crippen molar-refractivity contribution in [1.29, 1.82) is 0 Å². The Labute approximate surface area is 109 Å². The minimum absolute atomic E-state index is 0.0317. The Kier molecular flexibility index (Phi) is 3.56. The Morgan fingerprint density at radius 2 is 2.26 bits per heavy atom. The van der Waals surface area contributed by atoms with E-state index in [4.69, 9.17) is 4.74 Å². The molecule has 0 radical (unpaired) electrons. The average molecular weight is 260 g/mol. The molecule has 0 spiro atoms. The third-order valence-electron chi connectivity index (χ3n) is 2.47. The molecule has 98 valence electrons. The molecule has 1 aromatic carbocycles. The van der Waals surface area contributed by atoms with E-state index in [9.17, 15) is 9.90 Å². The number of aryl methyl sites for hydroxylation is 1. The number of hydrogen-bond acceptors (Lipinski definition) is 5. The normalized spacial score (nSPS) is 11.4. The summed E-state index contributed by atoms with van der Waals surface area (Å²) in [5.41, 5.74) is 0.655. The predicted molar refractivity (Wildman–Crippen MR) is 67.4 cm³/mol. The summed E-state index contributed by atoms with van der Waals surface area (Å²) in [7, 11) is 1.55. The molecule has 0 atom stereocenters. The summed E-state index contributed by atoms with van der Waals surface area (Å²) in [6.45, 7) is 1.63. The molecule has 0 saturated heterocycles. The van der Waals surface area contributed by atoms with Gasteiger partial charge in [-0.25, -0.2) is 4.79 Å². The molecule has 0 aliphatic carbocycles. The maximum Gasteiger partial charge on any atom is 0.354 e. The molecular formula is C12H12N4O3. The highest BCUT2D eigenvalue weighted by atomic mass is 16.5. The lowest BCUT2D eigenvalue weighted by Crippen LogP contribution is -2.11. The maximum absolute atomic E-state index is 11.3. The van der Waals surface area contributed by atoms with Gasteiger partial charge < -0.3 is 9.84 Å². The van der Waals surface area contributed by atoms with Crippen LogP contribution in [0.5, 0.6) is 5.75 Å². The SMILES string of the molecule is COc1cccc(/C=C(/C(=O)O)n2nnnc2C)c1. The summed E-state index contributed by atoms with van der Waals surface area (Å²) < 4.78 is 6.26. The largest absolute Gasteiger partial charge is 0.497 e. The Bertz CT molecular complexity index is 633. The highest BCUT2D eigenvalue weighted by molar-refractivity contribution is 6.14. The van der Waals surface area contributed by atoms with Crippen molar-refractivity contribution in [3.05, 3.63) is 35.7 Å². The molecule has 1 heterocycles. The summed E-state index contributed by atoms with van der Waals surface area (Å²) in [4.78, 5) is 11.3. The van der Waals surface area contributed by atoms with Gasteiger partial charge in [0.05, 0.1) is 7.11 Å². The average Bonchev–Trinajstić information content (AvgIpc) is 2.82. The molecule has 0 bridgehead atoms. The molecular weight excluding hydrogens is 248 g/mol. The fourth-order valence-corrected chi connectivity index (χ4v) is 1.56. The second-order valence-electron chi connectivity index (χ2n) is 3.75. The fourth-order valence-electron chi connectivity index (χ4n) is 1.56. The van der Waals surface area contributed by atoms with E-state index in [-0.39, 0.29) is 5.70 Å². The highest BCUT2D eigenvalue weighted by Gasteiger charge is 2.14. The van der Waals surface area contributed by atoms with Crippen LogP contribution in [-0.4, -0.2) is 38.4 Å². The Morgan fingerprint density at radius 1 is 1.47 bits per heavy atom. The third kappa shape index (κ3) is 2.76. The zero-order valence-corrected chi connectivity index (χ0v) is 10.4. The molecule has 0 aliphatic heterocycles. The summed E-state index contributed by atoms with van der Waals surface area (Å²) in [6, 6.07) is 7.05. The smallest absolute Gasteiger partial charge is 0.354 e. The molecule has 1 aromatic heterocycles. The zero-order chi connectivity index (χ0) is 13.8. The Morgan fingerprint density at radius 3 is 2.84 bits per heavy atom. The van der Waals surface area contributed by atoms with Crippen LogP contribution in [-0.2, 0) is 4.79 Å². The van der Waals surface area contributed by atoms with Gasteiger partial charge in [0, 0.05) is 0 Å². The number of tetrazole rings is 1. The van der Waals surface area contributed by atoms with Gasteiger partial charge in [0.15, 0.2) is 11.5 Å². The molecule has 2 rings (SSSR count).